The molecule has 2 heterocycles. The van der Waals surface area contributed by atoms with Crippen LogP contribution in [0.1, 0.15) is 24.6 Å². The fourth-order valence-corrected chi connectivity index (χ4v) is 3.70. The lowest BCUT2D eigenvalue weighted by Gasteiger charge is -2.19. The summed E-state index contributed by atoms with van der Waals surface area (Å²) in [7, 11) is 0. The molecule has 0 unspecified atom stereocenters. The van der Waals surface area contributed by atoms with Gasteiger partial charge in [0.15, 0.2) is 0 Å². The minimum atomic E-state index is 0.111. The number of thiophene rings is 1. The van der Waals surface area contributed by atoms with E-state index in [0.29, 0.717) is 5.75 Å². The highest BCUT2D eigenvalue weighted by atomic mass is 32.2. The Morgan fingerprint density at radius 1 is 1.72 bits per heavy atom. The van der Waals surface area contributed by atoms with E-state index in [1.807, 2.05) is 13.0 Å². The lowest BCUT2D eigenvalue weighted by atomic mass is 10.1. The van der Waals surface area contributed by atoms with Crippen molar-refractivity contribution < 1.29 is 9.53 Å². The predicted octanol–water partition coefficient (Wildman–Crippen LogP) is 2.67. The van der Waals surface area contributed by atoms with Crippen LogP contribution < -0.4 is 5.32 Å². The SMILES string of the molecule is C[C@@H](NC(=O)CSCc1cccs1)[C@H]1CCCO1. The van der Waals surface area contributed by atoms with Crippen LogP contribution in [0.25, 0.3) is 0 Å². The van der Waals surface area contributed by atoms with Crippen molar-refractivity contribution in [3.63, 3.8) is 0 Å². The summed E-state index contributed by atoms with van der Waals surface area (Å²) in [4.78, 5) is 13.1. The van der Waals surface area contributed by atoms with Crippen LogP contribution in [0.5, 0.6) is 0 Å². The Kier molecular flexibility index (Phi) is 5.53. The zero-order valence-electron chi connectivity index (χ0n) is 10.6. The van der Waals surface area contributed by atoms with Gasteiger partial charge in [0, 0.05) is 17.2 Å². The van der Waals surface area contributed by atoms with Gasteiger partial charge in [-0.3, -0.25) is 4.79 Å². The topological polar surface area (TPSA) is 38.3 Å². The van der Waals surface area contributed by atoms with Crippen molar-refractivity contribution in [2.24, 2.45) is 0 Å². The monoisotopic (exact) mass is 285 g/mol. The van der Waals surface area contributed by atoms with Crippen LogP contribution in [0.4, 0.5) is 0 Å². The Hall–Kier alpha value is -0.520. The molecule has 0 aliphatic carbocycles. The van der Waals surface area contributed by atoms with E-state index in [-0.39, 0.29) is 18.1 Å². The molecule has 1 amide bonds. The number of ether oxygens (including phenoxy) is 1. The van der Waals surface area contributed by atoms with Crippen LogP contribution in [0.3, 0.4) is 0 Å². The smallest absolute Gasteiger partial charge is 0.230 e. The molecule has 1 aromatic heterocycles. The first-order valence-corrected chi connectivity index (χ1v) is 8.30. The van der Waals surface area contributed by atoms with Gasteiger partial charge in [0.25, 0.3) is 0 Å². The first kappa shape index (κ1) is 13.9. The summed E-state index contributed by atoms with van der Waals surface area (Å²) in [5.41, 5.74) is 0. The lowest BCUT2D eigenvalue weighted by Crippen LogP contribution is -2.41. The summed E-state index contributed by atoms with van der Waals surface area (Å²) in [6.07, 6.45) is 2.37. The number of thioether (sulfide) groups is 1. The van der Waals surface area contributed by atoms with Gasteiger partial charge in [-0.2, -0.15) is 0 Å². The van der Waals surface area contributed by atoms with Crippen molar-refractivity contribution in [2.45, 2.75) is 37.7 Å². The second-order valence-corrected chi connectivity index (χ2v) is 6.50. The first-order chi connectivity index (χ1) is 8.75. The average molecular weight is 285 g/mol. The van der Waals surface area contributed by atoms with E-state index in [9.17, 15) is 4.79 Å². The normalized spacial score (nSPS) is 20.8. The van der Waals surface area contributed by atoms with Crippen LogP contribution in [-0.4, -0.2) is 30.4 Å². The van der Waals surface area contributed by atoms with Gasteiger partial charge in [0.2, 0.25) is 5.91 Å². The molecule has 5 heteroatoms. The Bertz CT molecular complexity index is 361. The molecule has 1 N–H and O–H groups in total. The molecule has 2 rings (SSSR count). The van der Waals surface area contributed by atoms with Crippen molar-refractivity contribution in [2.75, 3.05) is 12.4 Å². The predicted molar refractivity (Wildman–Crippen MR) is 77.1 cm³/mol. The van der Waals surface area contributed by atoms with Crippen LogP contribution in [0.2, 0.25) is 0 Å². The number of hydrogen-bond donors (Lipinski definition) is 1. The third kappa shape index (κ3) is 4.30. The summed E-state index contributed by atoms with van der Waals surface area (Å²) in [6, 6.07) is 4.27. The quantitative estimate of drug-likeness (QED) is 0.873. The van der Waals surface area contributed by atoms with Crippen molar-refractivity contribution in [3.05, 3.63) is 22.4 Å². The highest BCUT2D eigenvalue weighted by Gasteiger charge is 2.23. The van der Waals surface area contributed by atoms with Gasteiger partial charge in [0.1, 0.15) is 0 Å². The first-order valence-electron chi connectivity index (χ1n) is 6.27. The van der Waals surface area contributed by atoms with Crippen molar-refractivity contribution in [1.29, 1.82) is 0 Å². The molecule has 0 aromatic carbocycles. The van der Waals surface area contributed by atoms with Gasteiger partial charge < -0.3 is 10.1 Å². The third-order valence-electron chi connectivity index (χ3n) is 2.97. The zero-order chi connectivity index (χ0) is 12.8. The maximum atomic E-state index is 11.8. The van der Waals surface area contributed by atoms with E-state index in [1.54, 1.807) is 23.1 Å². The number of amides is 1. The molecule has 1 aliphatic rings. The summed E-state index contributed by atoms with van der Waals surface area (Å²) in [5.74, 6) is 1.55. The largest absolute Gasteiger partial charge is 0.376 e. The molecule has 18 heavy (non-hydrogen) atoms. The van der Waals surface area contributed by atoms with Crippen molar-refractivity contribution in [1.82, 2.24) is 5.32 Å². The second-order valence-electron chi connectivity index (χ2n) is 4.48. The minimum Gasteiger partial charge on any atom is -0.376 e. The molecule has 1 aliphatic heterocycles. The summed E-state index contributed by atoms with van der Waals surface area (Å²) < 4.78 is 5.56. The van der Waals surface area contributed by atoms with Gasteiger partial charge >= 0.3 is 0 Å². The van der Waals surface area contributed by atoms with Gasteiger partial charge in [-0.05, 0) is 31.2 Å². The third-order valence-corrected chi connectivity index (χ3v) is 5.01. The zero-order valence-corrected chi connectivity index (χ0v) is 12.2. The second kappa shape index (κ2) is 7.16. The van der Waals surface area contributed by atoms with E-state index >= 15 is 0 Å². The van der Waals surface area contributed by atoms with Crippen LogP contribution >= 0.6 is 23.1 Å². The van der Waals surface area contributed by atoms with Crippen LogP contribution in [0, 0.1) is 0 Å². The highest BCUT2D eigenvalue weighted by Crippen LogP contribution is 2.18. The van der Waals surface area contributed by atoms with Crippen LogP contribution in [0.15, 0.2) is 17.5 Å². The molecular formula is C13H19NO2S2. The molecule has 1 fully saturated rings. The summed E-state index contributed by atoms with van der Waals surface area (Å²) in [6.45, 7) is 2.86. The lowest BCUT2D eigenvalue weighted by molar-refractivity contribution is -0.120. The van der Waals surface area contributed by atoms with Gasteiger partial charge in [-0.15, -0.1) is 23.1 Å². The van der Waals surface area contributed by atoms with E-state index in [2.05, 4.69) is 16.8 Å². The average Bonchev–Trinajstić information content (AvgIpc) is 3.02. The standard InChI is InChI=1S/C13H19NO2S2/c1-10(12-5-2-6-16-12)14-13(15)9-17-8-11-4-3-7-18-11/h3-4,7,10,12H,2,5-6,8-9H2,1H3,(H,14,15)/t10-,12-/m1/s1. The molecular weight excluding hydrogens is 266 g/mol. The molecule has 3 nitrogen and oxygen atoms in total. The van der Waals surface area contributed by atoms with Gasteiger partial charge in [0.05, 0.1) is 17.9 Å². The minimum absolute atomic E-state index is 0.111. The fourth-order valence-electron chi connectivity index (χ4n) is 2.02. The van der Waals surface area contributed by atoms with E-state index in [0.717, 1.165) is 25.2 Å². The van der Waals surface area contributed by atoms with E-state index in [4.69, 9.17) is 4.74 Å². The molecule has 0 bridgehead atoms. The molecule has 2 atom stereocenters. The van der Waals surface area contributed by atoms with Crippen molar-refractivity contribution in [3.8, 4) is 0 Å². The maximum absolute atomic E-state index is 11.8. The fraction of sp³-hybridized carbons (Fsp3) is 0.615. The number of rotatable bonds is 6. The number of hydrogen-bond acceptors (Lipinski definition) is 4. The number of nitrogens with one attached hydrogen (secondary N) is 1. The molecule has 0 spiro atoms. The van der Waals surface area contributed by atoms with Crippen molar-refractivity contribution >= 4 is 29.0 Å². The van der Waals surface area contributed by atoms with Gasteiger partial charge in [-0.25, -0.2) is 0 Å². The maximum Gasteiger partial charge on any atom is 0.230 e. The van der Waals surface area contributed by atoms with E-state index in [1.165, 1.54) is 4.88 Å². The summed E-state index contributed by atoms with van der Waals surface area (Å²) >= 11 is 3.40. The molecule has 1 saturated heterocycles. The highest BCUT2D eigenvalue weighted by molar-refractivity contribution is 7.99. The Labute approximate surface area is 116 Å². The molecule has 0 radical (unpaired) electrons. The van der Waals surface area contributed by atoms with E-state index < -0.39 is 0 Å². The number of carbonyl (C=O) groups is 1. The Balaban J connectivity index is 1.62. The summed E-state index contributed by atoms with van der Waals surface area (Å²) in [5, 5.41) is 5.09. The Morgan fingerprint density at radius 2 is 2.61 bits per heavy atom. The Morgan fingerprint density at radius 3 is 3.28 bits per heavy atom. The molecule has 1 aromatic rings. The molecule has 0 saturated carbocycles. The number of carbonyl (C=O) groups excluding carboxylic acids is 1. The molecule has 100 valence electrons. The van der Waals surface area contributed by atoms with Crippen LogP contribution in [-0.2, 0) is 15.3 Å². The van der Waals surface area contributed by atoms with Gasteiger partial charge in [-0.1, -0.05) is 6.07 Å².